The standard InChI is InChI=1S/C10H21N3O/c1-10(2,11)9-13-6-4-5-12(13)7-8-14-3/h4,6H,5,7-9,11H2,1-3H3. The van der Waals surface area contributed by atoms with Crippen LogP contribution in [0.1, 0.15) is 13.8 Å². The van der Waals surface area contributed by atoms with Crippen molar-refractivity contribution >= 4 is 0 Å². The molecule has 4 heteroatoms. The Morgan fingerprint density at radius 1 is 1.50 bits per heavy atom. The van der Waals surface area contributed by atoms with E-state index in [1.807, 2.05) is 13.8 Å². The average Bonchev–Trinajstić information content (AvgIpc) is 2.45. The van der Waals surface area contributed by atoms with Gasteiger partial charge in [-0.05, 0) is 13.8 Å². The Morgan fingerprint density at radius 2 is 2.21 bits per heavy atom. The molecule has 0 aliphatic carbocycles. The second-order valence-corrected chi connectivity index (χ2v) is 4.38. The third-order valence-corrected chi connectivity index (χ3v) is 2.08. The Hall–Kier alpha value is -0.580. The van der Waals surface area contributed by atoms with E-state index in [4.69, 9.17) is 10.5 Å². The van der Waals surface area contributed by atoms with E-state index in [1.54, 1.807) is 7.11 Å². The fourth-order valence-corrected chi connectivity index (χ4v) is 1.48. The van der Waals surface area contributed by atoms with Crippen LogP contribution in [-0.4, -0.2) is 48.9 Å². The summed E-state index contributed by atoms with van der Waals surface area (Å²) in [5, 5.41) is 4.40. The van der Waals surface area contributed by atoms with E-state index >= 15 is 0 Å². The normalized spacial score (nSPS) is 18.1. The summed E-state index contributed by atoms with van der Waals surface area (Å²) in [4.78, 5) is 0. The molecular weight excluding hydrogens is 178 g/mol. The molecule has 2 N–H and O–H groups in total. The predicted octanol–water partition coefficient (Wildman–Crippen LogP) is 0.416. The molecule has 1 rings (SSSR count). The number of nitrogens with two attached hydrogens (primary N) is 1. The first kappa shape index (κ1) is 11.5. The van der Waals surface area contributed by atoms with Gasteiger partial charge >= 0.3 is 0 Å². The maximum absolute atomic E-state index is 5.97. The van der Waals surface area contributed by atoms with Crippen LogP contribution in [0.5, 0.6) is 0 Å². The Morgan fingerprint density at radius 3 is 2.79 bits per heavy atom. The van der Waals surface area contributed by atoms with Gasteiger partial charge in [0.2, 0.25) is 0 Å². The summed E-state index contributed by atoms with van der Waals surface area (Å²) in [5.74, 6) is 0. The first-order valence-corrected chi connectivity index (χ1v) is 4.99. The monoisotopic (exact) mass is 199 g/mol. The van der Waals surface area contributed by atoms with E-state index in [-0.39, 0.29) is 5.54 Å². The second-order valence-electron chi connectivity index (χ2n) is 4.38. The fourth-order valence-electron chi connectivity index (χ4n) is 1.48. The van der Waals surface area contributed by atoms with Crippen molar-refractivity contribution in [3.8, 4) is 0 Å². The molecule has 0 fully saturated rings. The molecule has 1 aliphatic heterocycles. The summed E-state index contributed by atoms with van der Waals surface area (Å²) in [6.45, 7) is 7.54. The van der Waals surface area contributed by atoms with E-state index in [0.717, 1.165) is 26.2 Å². The van der Waals surface area contributed by atoms with Crippen LogP contribution in [0, 0.1) is 0 Å². The van der Waals surface area contributed by atoms with Crippen LogP contribution in [-0.2, 0) is 4.74 Å². The van der Waals surface area contributed by atoms with Gasteiger partial charge in [0, 0.05) is 31.9 Å². The van der Waals surface area contributed by atoms with Crippen LogP contribution in [0.4, 0.5) is 0 Å². The van der Waals surface area contributed by atoms with Crippen LogP contribution >= 0.6 is 0 Å². The number of hydrogen-bond donors (Lipinski definition) is 1. The molecule has 1 heterocycles. The van der Waals surface area contributed by atoms with Crippen molar-refractivity contribution in [3.63, 3.8) is 0 Å². The first-order chi connectivity index (χ1) is 6.53. The summed E-state index contributed by atoms with van der Waals surface area (Å²) < 4.78 is 5.05. The SMILES string of the molecule is COCCN1CC=CN1CC(C)(C)N. The number of hydrazine groups is 1. The van der Waals surface area contributed by atoms with Gasteiger partial charge in [-0.25, -0.2) is 5.01 Å². The number of hydrogen-bond acceptors (Lipinski definition) is 4. The van der Waals surface area contributed by atoms with Crippen LogP contribution in [0.2, 0.25) is 0 Å². The molecule has 0 unspecified atom stereocenters. The number of methoxy groups -OCH3 is 1. The Kier molecular flexibility index (Phi) is 3.92. The molecule has 0 aromatic rings. The third kappa shape index (κ3) is 3.65. The van der Waals surface area contributed by atoms with Gasteiger partial charge in [0.25, 0.3) is 0 Å². The van der Waals surface area contributed by atoms with Gasteiger partial charge in [-0.15, -0.1) is 0 Å². The zero-order chi connectivity index (χ0) is 10.6. The summed E-state index contributed by atoms with van der Waals surface area (Å²) in [7, 11) is 1.72. The molecule has 0 aromatic heterocycles. The van der Waals surface area contributed by atoms with E-state index in [0.29, 0.717) is 0 Å². The Labute approximate surface area is 86.3 Å². The van der Waals surface area contributed by atoms with E-state index in [2.05, 4.69) is 22.3 Å². The molecule has 0 radical (unpaired) electrons. The third-order valence-electron chi connectivity index (χ3n) is 2.08. The van der Waals surface area contributed by atoms with Gasteiger partial charge in [-0.1, -0.05) is 6.08 Å². The molecule has 0 saturated carbocycles. The second kappa shape index (κ2) is 4.77. The molecule has 0 spiro atoms. The number of nitrogens with zero attached hydrogens (tertiary/aromatic N) is 2. The maximum atomic E-state index is 5.97. The lowest BCUT2D eigenvalue weighted by atomic mass is 10.1. The van der Waals surface area contributed by atoms with Gasteiger partial charge in [-0.2, -0.15) is 0 Å². The molecule has 0 bridgehead atoms. The van der Waals surface area contributed by atoms with Gasteiger partial charge < -0.3 is 15.5 Å². The number of ether oxygens (including phenoxy) is 1. The largest absolute Gasteiger partial charge is 0.383 e. The highest BCUT2D eigenvalue weighted by Crippen LogP contribution is 2.11. The number of rotatable bonds is 5. The lowest BCUT2D eigenvalue weighted by Crippen LogP contribution is -2.49. The van der Waals surface area contributed by atoms with E-state index < -0.39 is 0 Å². The minimum Gasteiger partial charge on any atom is -0.383 e. The van der Waals surface area contributed by atoms with Crippen molar-refractivity contribution in [2.75, 3.05) is 33.4 Å². The van der Waals surface area contributed by atoms with Crippen LogP contribution < -0.4 is 5.73 Å². The van der Waals surface area contributed by atoms with E-state index in [1.165, 1.54) is 0 Å². The lowest BCUT2D eigenvalue weighted by Gasteiger charge is -2.33. The molecule has 0 aromatic carbocycles. The Bertz CT molecular complexity index is 198. The topological polar surface area (TPSA) is 41.7 Å². The molecule has 82 valence electrons. The molecule has 4 nitrogen and oxygen atoms in total. The zero-order valence-corrected chi connectivity index (χ0v) is 9.36. The minimum absolute atomic E-state index is 0.167. The van der Waals surface area contributed by atoms with Crippen molar-refractivity contribution in [2.45, 2.75) is 19.4 Å². The maximum Gasteiger partial charge on any atom is 0.0608 e. The molecular formula is C10H21N3O. The molecule has 0 saturated heterocycles. The van der Waals surface area contributed by atoms with E-state index in [9.17, 15) is 0 Å². The summed E-state index contributed by atoms with van der Waals surface area (Å²) in [5.41, 5.74) is 5.81. The van der Waals surface area contributed by atoms with Crippen LogP contribution in [0.15, 0.2) is 12.3 Å². The van der Waals surface area contributed by atoms with Crippen molar-refractivity contribution < 1.29 is 4.74 Å². The smallest absolute Gasteiger partial charge is 0.0608 e. The van der Waals surface area contributed by atoms with Crippen LogP contribution in [0.3, 0.4) is 0 Å². The molecule has 1 aliphatic rings. The van der Waals surface area contributed by atoms with Gasteiger partial charge in [0.15, 0.2) is 0 Å². The highest BCUT2D eigenvalue weighted by Gasteiger charge is 2.21. The van der Waals surface area contributed by atoms with Crippen molar-refractivity contribution in [2.24, 2.45) is 5.73 Å². The Balaban J connectivity index is 2.38. The zero-order valence-electron chi connectivity index (χ0n) is 9.36. The lowest BCUT2D eigenvalue weighted by molar-refractivity contribution is 0.0138. The van der Waals surface area contributed by atoms with Gasteiger partial charge in [0.05, 0.1) is 13.2 Å². The summed E-state index contributed by atoms with van der Waals surface area (Å²) >= 11 is 0. The molecule has 0 atom stereocenters. The first-order valence-electron chi connectivity index (χ1n) is 4.99. The summed E-state index contributed by atoms with van der Waals surface area (Å²) in [6, 6.07) is 0. The highest BCUT2D eigenvalue weighted by molar-refractivity contribution is 4.94. The van der Waals surface area contributed by atoms with Gasteiger partial charge in [0.1, 0.15) is 0 Å². The van der Waals surface area contributed by atoms with Crippen molar-refractivity contribution in [3.05, 3.63) is 12.3 Å². The highest BCUT2D eigenvalue weighted by atomic mass is 16.5. The predicted molar refractivity (Wildman–Crippen MR) is 57.6 cm³/mol. The molecule has 0 amide bonds. The van der Waals surface area contributed by atoms with Crippen molar-refractivity contribution in [1.82, 2.24) is 10.0 Å². The average molecular weight is 199 g/mol. The fraction of sp³-hybridized carbons (Fsp3) is 0.800. The minimum atomic E-state index is -0.167. The van der Waals surface area contributed by atoms with Crippen molar-refractivity contribution in [1.29, 1.82) is 0 Å². The molecule has 14 heavy (non-hydrogen) atoms. The van der Waals surface area contributed by atoms with Gasteiger partial charge in [-0.3, -0.25) is 0 Å². The van der Waals surface area contributed by atoms with Crippen LogP contribution in [0.25, 0.3) is 0 Å². The quantitative estimate of drug-likeness (QED) is 0.696. The summed E-state index contributed by atoms with van der Waals surface area (Å²) in [6.07, 6.45) is 4.23.